The molecule has 0 radical (unpaired) electrons. The van der Waals surface area contributed by atoms with Crippen LogP contribution >= 0.6 is 0 Å². The molecule has 0 bridgehead atoms. The number of carboxylic acid groups (broad SMARTS) is 1. The highest BCUT2D eigenvalue weighted by Gasteiger charge is 2.32. The van der Waals surface area contributed by atoms with Crippen LogP contribution in [-0.4, -0.2) is 76.8 Å². The Morgan fingerprint density at radius 3 is 2.03 bits per heavy atom. The van der Waals surface area contributed by atoms with Crippen molar-refractivity contribution >= 4 is 35.9 Å². The van der Waals surface area contributed by atoms with Crippen LogP contribution < -0.4 is 27.0 Å². The SMILES string of the molecule is CC(=O)NC(Cc1ccc(O)cc1)C(=O)NC(C(=O)NC(CCCCN)C(=O)NC(C=O)CC(=O)O)C(C)C. The fraction of sp³-hybridized carbons (Fsp3) is 0.538. The molecule has 39 heavy (non-hydrogen) atoms. The van der Waals surface area contributed by atoms with E-state index in [-0.39, 0.29) is 18.6 Å². The summed E-state index contributed by atoms with van der Waals surface area (Å²) in [5.41, 5.74) is 6.19. The summed E-state index contributed by atoms with van der Waals surface area (Å²) in [5.74, 6) is -4.14. The van der Waals surface area contributed by atoms with Gasteiger partial charge in [-0.1, -0.05) is 26.0 Å². The van der Waals surface area contributed by atoms with Gasteiger partial charge in [0.25, 0.3) is 0 Å². The molecule has 216 valence electrons. The number of carboxylic acids is 1. The molecule has 0 saturated heterocycles. The standard InChI is InChI=1S/C26H39N5O8/c1-15(2)23(31-25(38)21(28-16(3)33)12-17-7-9-19(34)10-8-17)26(39)30-20(6-4-5-11-27)24(37)29-18(14-32)13-22(35)36/h7-10,14-15,18,20-21,23,34H,4-6,11-13,27H2,1-3H3,(H,28,33)(H,29,37)(H,30,39)(H,31,38)(H,35,36). The van der Waals surface area contributed by atoms with Crippen LogP contribution in [0.4, 0.5) is 0 Å². The van der Waals surface area contributed by atoms with E-state index >= 15 is 0 Å². The van der Waals surface area contributed by atoms with Gasteiger partial charge in [0, 0.05) is 13.3 Å². The summed E-state index contributed by atoms with van der Waals surface area (Å²) in [6.45, 7) is 4.99. The number of phenols is 1. The van der Waals surface area contributed by atoms with Crippen LogP contribution in [0.5, 0.6) is 5.75 Å². The molecule has 0 aliphatic carbocycles. The molecule has 0 fully saturated rings. The molecule has 0 saturated carbocycles. The Hall–Kier alpha value is -4.00. The summed E-state index contributed by atoms with van der Waals surface area (Å²) in [6, 6.07) is 1.61. The minimum atomic E-state index is -1.28. The van der Waals surface area contributed by atoms with Gasteiger partial charge in [0.05, 0.1) is 12.5 Å². The summed E-state index contributed by atoms with van der Waals surface area (Å²) in [4.78, 5) is 73.1. The Balaban J connectivity index is 3.05. The van der Waals surface area contributed by atoms with Gasteiger partial charge in [-0.25, -0.2) is 0 Å². The van der Waals surface area contributed by atoms with Crippen molar-refractivity contribution in [3.05, 3.63) is 29.8 Å². The Kier molecular flexibility index (Phi) is 14.2. The molecule has 4 atom stereocenters. The number of hydrogen-bond acceptors (Lipinski definition) is 8. The number of amides is 4. The average molecular weight is 550 g/mol. The van der Waals surface area contributed by atoms with E-state index in [1.54, 1.807) is 26.0 Å². The van der Waals surface area contributed by atoms with E-state index in [0.717, 1.165) is 0 Å². The topological polar surface area (TPSA) is 217 Å². The first-order chi connectivity index (χ1) is 18.4. The third-order valence-electron chi connectivity index (χ3n) is 5.78. The van der Waals surface area contributed by atoms with Crippen molar-refractivity contribution in [3.8, 4) is 5.75 Å². The number of hydrogen-bond donors (Lipinski definition) is 7. The number of benzene rings is 1. The van der Waals surface area contributed by atoms with E-state index in [2.05, 4.69) is 21.3 Å². The van der Waals surface area contributed by atoms with Crippen LogP contribution in [0.15, 0.2) is 24.3 Å². The van der Waals surface area contributed by atoms with Gasteiger partial charge in [0.1, 0.15) is 30.2 Å². The maximum atomic E-state index is 13.2. The van der Waals surface area contributed by atoms with Crippen molar-refractivity contribution in [2.24, 2.45) is 11.7 Å². The number of aromatic hydroxyl groups is 1. The molecule has 0 aromatic heterocycles. The molecule has 4 unspecified atom stereocenters. The Labute approximate surface area is 227 Å². The predicted molar refractivity (Wildman–Crippen MR) is 141 cm³/mol. The number of nitrogens with one attached hydrogen (secondary N) is 4. The largest absolute Gasteiger partial charge is 0.508 e. The lowest BCUT2D eigenvalue weighted by Crippen LogP contribution is -2.59. The summed E-state index contributed by atoms with van der Waals surface area (Å²) >= 11 is 0. The second kappa shape index (κ2) is 16.8. The number of aliphatic carboxylic acids is 1. The number of aldehydes is 1. The number of rotatable bonds is 17. The van der Waals surface area contributed by atoms with E-state index in [1.165, 1.54) is 19.1 Å². The van der Waals surface area contributed by atoms with Crippen LogP contribution in [0, 0.1) is 5.92 Å². The van der Waals surface area contributed by atoms with Gasteiger partial charge in [-0.2, -0.15) is 0 Å². The minimum Gasteiger partial charge on any atom is -0.508 e. The monoisotopic (exact) mass is 549 g/mol. The lowest BCUT2D eigenvalue weighted by molar-refractivity contribution is -0.139. The van der Waals surface area contributed by atoms with Crippen LogP contribution in [-0.2, 0) is 35.2 Å². The molecular weight excluding hydrogens is 510 g/mol. The fourth-order valence-corrected chi connectivity index (χ4v) is 3.74. The molecule has 0 spiro atoms. The summed E-state index contributed by atoms with van der Waals surface area (Å²) < 4.78 is 0. The maximum Gasteiger partial charge on any atom is 0.305 e. The maximum absolute atomic E-state index is 13.2. The third-order valence-corrected chi connectivity index (χ3v) is 5.78. The van der Waals surface area contributed by atoms with Gasteiger partial charge in [-0.05, 0) is 49.4 Å². The summed E-state index contributed by atoms with van der Waals surface area (Å²) in [5, 5.41) is 28.6. The molecule has 13 heteroatoms. The lowest BCUT2D eigenvalue weighted by atomic mass is 9.99. The smallest absolute Gasteiger partial charge is 0.305 e. The molecular formula is C26H39N5O8. The number of unbranched alkanes of at least 4 members (excludes halogenated alkanes) is 1. The second-order valence-corrected chi connectivity index (χ2v) is 9.55. The molecule has 0 aliphatic rings. The van der Waals surface area contributed by atoms with Gasteiger partial charge >= 0.3 is 5.97 Å². The van der Waals surface area contributed by atoms with E-state index in [4.69, 9.17) is 10.8 Å². The minimum absolute atomic E-state index is 0.0447. The van der Waals surface area contributed by atoms with Crippen LogP contribution in [0.2, 0.25) is 0 Å². The molecule has 1 aromatic rings. The zero-order chi connectivity index (χ0) is 29.5. The molecule has 1 rings (SSSR count). The van der Waals surface area contributed by atoms with Gasteiger partial charge in [-0.3, -0.25) is 24.0 Å². The number of nitrogens with two attached hydrogens (primary N) is 1. The molecule has 13 nitrogen and oxygen atoms in total. The molecule has 4 amide bonds. The summed E-state index contributed by atoms with van der Waals surface area (Å²) in [7, 11) is 0. The Morgan fingerprint density at radius 2 is 1.51 bits per heavy atom. The van der Waals surface area contributed by atoms with Gasteiger partial charge in [0.15, 0.2) is 0 Å². The number of phenolic OH excluding ortho intramolecular Hbond substituents is 1. The summed E-state index contributed by atoms with van der Waals surface area (Å²) in [6.07, 6.45) is 0.981. The normalized spacial score (nSPS) is 13.9. The molecule has 0 aliphatic heterocycles. The van der Waals surface area contributed by atoms with E-state index in [0.29, 0.717) is 31.2 Å². The van der Waals surface area contributed by atoms with Crippen molar-refractivity contribution in [3.63, 3.8) is 0 Å². The van der Waals surface area contributed by atoms with Crippen molar-refractivity contribution in [2.45, 2.75) is 77.0 Å². The van der Waals surface area contributed by atoms with Crippen molar-refractivity contribution in [2.75, 3.05) is 6.54 Å². The highest BCUT2D eigenvalue weighted by Crippen LogP contribution is 2.12. The third kappa shape index (κ3) is 12.4. The first-order valence-electron chi connectivity index (χ1n) is 12.7. The van der Waals surface area contributed by atoms with Crippen LogP contribution in [0.25, 0.3) is 0 Å². The van der Waals surface area contributed by atoms with Crippen LogP contribution in [0.3, 0.4) is 0 Å². The Morgan fingerprint density at radius 1 is 0.897 bits per heavy atom. The van der Waals surface area contributed by atoms with Gasteiger partial charge in [-0.15, -0.1) is 0 Å². The van der Waals surface area contributed by atoms with E-state index in [1.807, 2.05) is 0 Å². The van der Waals surface area contributed by atoms with E-state index < -0.39 is 66.1 Å². The van der Waals surface area contributed by atoms with E-state index in [9.17, 15) is 33.9 Å². The van der Waals surface area contributed by atoms with Crippen molar-refractivity contribution in [1.82, 2.24) is 21.3 Å². The van der Waals surface area contributed by atoms with Gasteiger partial charge < -0.3 is 42.0 Å². The second-order valence-electron chi connectivity index (χ2n) is 9.55. The highest BCUT2D eigenvalue weighted by atomic mass is 16.4. The highest BCUT2D eigenvalue weighted by molar-refractivity contribution is 5.95. The first-order valence-corrected chi connectivity index (χ1v) is 12.7. The quantitative estimate of drug-likeness (QED) is 0.0969. The molecule has 1 aromatic carbocycles. The number of carbonyl (C=O) groups excluding carboxylic acids is 5. The number of carbonyl (C=O) groups is 6. The lowest BCUT2D eigenvalue weighted by Gasteiger charge is -2.27. The zero-order valence-electron chi connectivity index (χ0n) is 22.4. The fourth-order valence-electron chi connectivity index (χ4n) is 3.74. The molecule has 0 heterocycles. The van der Waals surface area contributed by atoms with Crippen LogP contribution in [0.1, 0.15) is 52.0 Å². The van der Waals surface area contributed by atoms with Gasteiger partial charge in [0.2, 0.25) is 23.6 Å². The predicted octanol–water partition coefficient (Wildman–Crippen LogP) is -0.648. The molecule has 8 N–H and O–H groups in total. The van der Waals surface area contributed by atoms with Crippen molar-refractivity contribution < 1.29 is 39.0 Å². The zero-order valence-corrected chi connectivity index (χ0v) is 22.4. The van der Waals surface area contributed by atoms with Crippen molar-refractivity contribution in [1.29, 1.82) is 0 Å². The Bertz CT molecular complexity index is 999. The average Bonchev–Trinajstić information content (AvgIpc) is 2.86. The first kappa shape index (κ1) is 33.0.